The van der Waals surface area contributed by atoms with E-state index in [1.54, 1.807) is 6.20 Å². The molecule has 0 radical (unpaired) electrons. The Morgan fingerprint density at radius 1 is 1.24 bits per heavy atom. The third-order valence-corrected chi connectivity index (χ3v) is 3.69. The van der Waals surface area contributed by atoms with Crippen LogP contribution in [0.25, 0.3) is 11.1 Å². The zero-order valence-electron chi connectivity index (χ0n) is 9.93. The van der Waals surface area contributed by atoms with Gasteiger partial charge in [-0.3, -0.25) is 5.10 Å². The van der Waals surface area contributed by atoms with E-state index in [9.17, 15) is 5.11 Å². The van der Waals surface area contributed by atoms with Crippen LogP contribution in [0.5, 0.6) is 5.75 Å². The lowest BCUT2D eigenvalue weighted by atomic mass is 9.95. The summed E-state index contributed by atoms with van der Waals surface area (Å²) in [7, 11) is 0. The maximum Gasteiger partial charge on any atom is 0.127 e. The van der Waals surface area contributed by atoms with E-state index in [-0.39, 0.29) is 5.75 Å². The zero-order chi connectivity index (χ0) is 12.7. The number of halogens is 1. The number of aromatic nitrogens is 2. The lowest BCUT2D eigenvalue weighted by Crippen LogP contribution is -1.95. The molecule has 0 aliphatic heterocycles. The number of aromatic amines is 1. The Kier molecular flexibility index (Phi) is 2.75. The van der Waals surface area contributed by atoms with Gasteiger partial charge in [-0.1, -0.05) is 11.6 Å². The van der Waals surface area contributed by atoms with E-state index in [0.29, 0.717) is 22.0 Å². The van der Waals surface area contributed by atoms with E-state index in [1.807, 2.05) is 20.8 Å². The van der Waals surface area contributed by atoms with Crippen molar-refractivity contribution < 1.29 is 5.11 Å². The molecule has 1 aromatic heterocycles. The van der Waals surface area contributed by atoms with Crippen molar-refractivity contribution >= 4 is 17.4 Å². The van der Waals surface area contributed by atoms with Gasteiger partial charge in [0.1, 0.15) is 11.6 Å². The molecule has 0 aliphatic rings. The van der Waals surface area contributed by atoms with Gasteiger partial charge in [-0.2, -0.15) is 5.10 Å². The second kappa shape index (κ2) is 3.96. The van der Waals surface area contributed by atoms with E-state index in [2.05, 4.69) is 10.2 Å². The molecule has 2 rings (SSSR count). The summed E-state index contributed by atoms with van der Waals surface area (Å²) in [6, 6.07) is 0. The molecule has 0 saturated carbocycles. The number of nitrogens with two attached hydrogens (primary N) is 1. The molecular formula is C12H14ClN3O. The average molecular weight is 252 g/mol. The maximum atomic E-state index is 10.2. The van der Waals surface area contributed by atoms with Crippen molar-refractivity contribution in [2.24, 2.45) is 0 Å². The standard InChI is InChI=1S/C12H14ClN3O/c1-5-6(2)11(17)9(7(3)10(5)13)8-4-15-16-12(8)14/h4,17H,1-3H3,(H3,14,15,16). The van der Waals surface area contributed by atoms with Crippen molar-refractivity contribution in [2.45, 2.75) is 20.8 Å². The monoisotopic (exact) mass is 251 g/mol. The summed E-state index contributed by atoms with van der Waals surface area (Å²) in [6.45, 7) is 5.57. The number of benzene rings is 1. The van der Waals surface area contributed by atoms with Crippen LogP contribution in [0.2, 0.25) is 5.02 Å². The summed E-state index contributed by atoms with van der Waals surface area (Å²) in [4.78, 5) is 0. The van der Waals surface area contributed by atoms with Gasteiger partial charge in [0, 0.05) is 16.1 Å². The summed E-state index contributed by atoms with van der Waals surface area (Å²) in [5.74, 6) is 0.625. The van der Waals surface area contributed by atoms with Gasteiger partial charge in [0.05, 0.1) is 6.20 Å². The Labute approximate surface area is 104 Å². The lowest BCUT2D eigenvalue weighted by Gasteiger charge is -2.15. The minimum atomic E-state index is 0.206. The van der Waals surface area contributed by atoms with Gasteiger partial charge in [0.2, 0.25) is 0 Å². The van der Waals surface area contributed by atoms with Crippen molar-refractivity contribution in [2.75, 3.05) is 5.73 Å². The van der Waals surface area contributed by atoms with Gasteiger partial charge in [0.25, 0.3) is 0 Å². The first-order valence-electron chi connectivity index (χ1n) is 5.22. The number of hydrogen-bond acceptors (Lipinski definition) is 3. The number of hydrogen-bond donors (Lipinski definition) is 3. The Balaban J connectivity index is 2.84. The third-order valence-electron chi connectivity index (χ3n) is 3.13. The van der Waals surface area contributed by atoms with Crippen molar-refractivity contribution in [3.63, 3.8) is 0 Å². The van der Waals surface area contributed by atoms with E-state index < -0.39 is 0 Å². The minimum absolute atomic E-state index is 0.206. The fourth-order valence-electron chi connectivity index (χ4n) is 1.92. The number of phenolic OH excluding ortho intramolecular Hbond substituents is 1. The molecule has 1 aromatic carbocycles. The van der Waals surface area contributed by atoms with Gasteiger partial charge in [-0.25, -0.2) is 0 Å². The molecule has 4 N–H and O–H groups in total. The van der Waals surface area contributed by atoms with E-state index in [4.69, 9.17) is 17.3 Å². The SMILES string of the molecule is Cc1c(C)c(Cl)c(C)c(-c2cn[nH]c2N)c1O. The molecule has 4 nitrogen and oxygen atoms in total. The maximum absolute atomic E-state index is 10.2. The first-order valence-corrected chi connectivity index (χ1v) is 5.60. The fourth-order valence-corrected chi connectivity index (χ4v) is 2.16. The molecule has 0 spiro atoms. The molecule has 0 aliphatic carbocycles. The van der Waals surface area contributed by atoms with Crippen LogP contribution >= 0.6 is 11.6 Å². The minimum Gasteiger partial charge on any atom is -0.507 e. The molecule has 90 valence electrons. The Morgan fingerprint density at radius 2 is 1.88 bits per heavy atom. The first kappa shape index (κ1) is 11.8. The predicted molar refractivity (Wildman–Crippen MR) is 69.3 cm³/mol. The summed E-state index contributed by atoms with van der Waals surface area (Å²) in [5.41, 5.74) is 9.54. The normalized spacial score (nSPS) is 10.8. The molecule has 0 amide bonds. The van der Waals surface area contributed by atoms with E-state index in [1.165, 1.54) is 0 Å². The van der Waals surface area contributed by atoms with Crippen molar-refractivity contribution in [1.82, 2.24) is 10.2 Å². The molecule has 0 atom stereocenters. The van der Waals surface area contributed by atoms with Crippen LogP contribution in [0.15, 0.2) is 6.20 Å². The van der Waals surface area contributed by atoms with Crippen LogP contribution in [0.4, 0.5) is 5.82 Å². The first-order chi connectivity index (χ1) is 7.95. The molecule has 0 bridgehead atoms. The fraction of sp³-hybridized carbons (Fsp3) is 0.250. The number of anilines is 1. The highest BCUT2D eigenvalue weighted by Crippen LogP contribution is 2.42. The van der Waals surface area contributed by atoms with Crippen LogP contribution in [-0.2, 0) is 0 Å². The zero-order valence-corrected chi connectivity index (χ0v) is 10.7. The number of rotatable bonds is 1. The van der Waals surface area contributed by atoms with Gasteiger partial charge in [-0.05, 0) is 37.5 Å². The number of aromatic hydroxyl groups is 1. The Hall–Kier alpha value is -1.68. The van der Waals surface area contributed by atoms with Gasteiger partial charge < -0.3 is 10.8 Å². The topological polar surface area (TPSA) is 74.9 Å². The summed E-state index contributed by atoms with van der Waals surface area (Å²) < 4.78 is 0. The molecule has 5 heteroatoms. The number of nitrogens with one attached hydrogen (secondary N) is 1. The van der Waals surface area contributed by atoms with E-state index in [0.717, 1.165) is 16.7 Å². The summed E-state index contributed by atoms with van der Waals surface area (Å²) in [5, 5.41) is 17.4. The number of H-pyrrole nitrogens is 1. The number of nitrogen functional groups attached to an aromatic ring is 1. The van der Waals surface area contributed by atoms with E-state index >= 15 is 0 Å². The molecule has 0 unspecified atom stereocenters. The number of nitrogens with zero attached hydrogens (tertiary/aromatic N) is 1. The smallest absolute Gasteiger partial charge is 0.127 e. The Bertz CT molecular complexity index is 561. The largest absolute Gasteiger partial charge is 0.507 e. The molecular weight excluding hydrogens is 238 g/mol. The number of phenols is 1. The highest BCUT2D eigenvalue weighted by molar-refractivity contribution is 6.32. The Morgan fingerprint density at radius 3 is 2.41 bits per heavy atom. The molecule has 1 heterocycles. The van der Waals surface area contributed by atoms with Crippen LogP contribution in [0, 0.1) is 20.8 Å². The molecule has 17 heavy (non-hydrogen) atoms. The average Bonchev–Trinajstić information content (AvgIpc) is 2.71. The highest BCUT2D eigenvalue weighted by atomic mass is 35.5. The van der Waals surface area contributed by atoms with Crippen LogP contribution in [0.1, 0.15) is 16.7 Å². The van der Waals surface area contributed by atoms with Gasteiger partial charge in [0.15, 0.2) is 0 Å². The predicted octanol–water partition coefficient (Wildman–Crippen LogP) is 2.94. The quantitative estimate of drug-likeness (QED) is 0.729. The summed E-state index contributed by atoms with van der Waals surface area (Å²) >= 11 is 6.25. The van der Waals surface area contributed by atoms with Crippen molar-refractivity contribution in [3.8, 4) is 16.9 Å². The van der Waals surface area contributed by atoms with Crippen LogP contribution in [0.3, 0.4) is 0 Å². The highest BCUT2D eigenvalue weighted by Gasteiger charge is 2.19. The molecule has 0 saturated heterocycles. The van der Waals surface area contributed by atoms with Gasteiger partial charge >= 0.3 is 0 Å². The van der Waals surface area contributed by atoms with Crippen LogP contribution in [-0.4, -0.2) is 15.3 Å². The lowest BCUT2D eigenvalue weighted by molar-refractivity contribution is 0.472. The van der Waals surface area contributed by atoms with Gasteiger partial charge in [-0.15, -0.1) is 0 Å². The molecule has 2 aromatic rings. The van der Waals surface area contributed by atoms with Crippen molar-refractivity contribution in [1.29, 1.82) is 0 Å². The third kappa shape index (κ3) is 1.65. The molecule has 0 fully saturated rings. The van der Waals surface area contributed by atoms with Crippen molar-refractivity contribution in [3.05, 3.63) is 27.9 Å². The second-order valence-corrected chi connectivity index (χ2v) is 4.49. The van der Waals surface area contributed by atoms with Crippen LogP contribution < -0.4 is 5.73 Å². The second-order valence-electron chi connectivity index (χ2n) is 4.11. The summed E-state index contributed by atoms with van der Waals surface area (Å²) in [6.07, 6.45) is 1.59.